The molecule has 6 nitrogen and oxygen atoms in total. The van der Waals surface area contributed by atoms with Crippen molar-refractivity contribution in [1.82, 2.24) is 4.98 Å². The van der Waals surface area contributed by atoms with Gasteiger partial charge in [0.1, 0.15) is 0 Å². The van der Waals surface area contributed by atoms with E-state index in [2.05, 4.69) is 36.2 Å². The Morgan fingerprint density at radius 1 is 1.07 bits per heavy atom. The second-order valence-corrected chi connectivity index (χ2v) is 8.12. The molecule has 0 saturated heterocycles. The van der Waals surface area contributed by atoms with Gasteiger partial charge in [0.15, 0.2) is 6.04 Å². The molecule has 0 spiro atoms. The molecule has 4 rings (SSSR count). The minimum atomic E-state index is -0.727. The molecule has 28 heavy (non-hydrogen) atoms. The number of rotatable bonds is 4. The summed E-state index contributed by atoms with van der Waals surface area (Å²) in [4.78, 5) is 17.4. The van der Waals surface area contributed by atoms with E-state index >= 15 is 0 Å². The fourth-order valence-electron chi connectivity index (χ4n) is 2.68. The van der Waals surface area contributed by atoms with Gasteiger partial charge < -0.3 is 0 Å². The fourth-order valence-corrected chi connectivity index (χ4v) is 3.73. The standard InChI is InChI=1S/C20H16BrN5OS/c1-12-3-5-14(6-4-12)17-11-28-20(22-17)26-19(27)18(13(2)25-26)24-23-16-9-7-15(21)8-10-16/h3-11,18H,1-2H3/t18-/m0/s1. The Hall–Kier alpha value is -2.71. The van der Waals surface area contributed by atoms with Crippen LogP contribution in [0.1, 0.15) is 12.5 Å². The average molecular weight is 454 g/mol. The molecule has 0 fully saturated rings. The van der Waals surface area contributed by atoms with Crippen molar-refractivity contribution in [3.8, 4) is 11.3 Å². The molecule has 1 amide bonds. The number of carbonyl (C=O) groups excluding carboxylic acids is 1. The Balaban J connectivity index is 1.53. The zero-order valence-corrected chi connectivity index (χ0v) is 17.6. The predicted molar refractivity (Wildman–Crippen MR) is 115 cm³/mol. The van der Waals surface area contributed by atoms with Crippen molar-refractivity contribution in [2.45, 2.75) is 19.9 Å². The summed E-state index contributed by atoms with van der Waals surface area (Å²) >= 11 is 4.76. The Labute approximate surface area is 174 Å². The SMILES string of the molecule is CC1=NN(c2nc(-c3ccc(C)cc3)cs2)C(=O)[C@H]1N=Nc1ccc(Br)cc1. The van der Waals surface area contributed by atoms with Crippen molar-refractivity contribution < 1.29 is 4.79 Å². The molecule has 2 heterocycles. The van der Waals surface area contributed by atoms with Crippen LogP contribution in [0.25, 0.3) is 11.3 Å². The minimum Gasteiger partial charge on any atom is -0.269 e. The molecule has 1 aromatic heterocycles. The third-order valence-electron chi connectivity index (χ3n) is 4.23. The zero-order valence-electron chi connectivity index (χ0n) is 15.2. The van der Waals surface area contributed by atoms with Gasteiger partial charge in [0.05, 0.1) is 17.1 Å². The number of anilines is 1. The average Bonchev–Trinajstić information content (AvgIpc) is 3.27. The summed E-state index contributed by atoms with van der Waals surface area (Å²) in [5.41, 5.74) is 4.29. The number of hydrogen-bond donors (Lipinski definition) is 0. The number of carbonyl (C=O) groups is 1. The predicted octanol–water partition coefficient (Wildman–Crippen LogP) is 5.76. The van der Waals surface area contributed by atoms with Crippen LogP contribution in [0.5, 0.6) is 0 Å². The number of hydrogen-bond acceptors (Lipinski definition) is 6. The number of nitrogens with zero attached hydrogens (tertiary/aromatic N) is 5. The van der Waals surface area contributed by atoms with E-state index in [4.69, 9.17) is 0 Å². The number of aryl methyl sites for hydroxylation is 1. The summed E-state index contributed by atoms with van der Waals surface area (Å²) in [6.45, 7) is 3.82. The van der Waals surface area contributed by atoms with Crippen LogP contribution in [0, 0.1) is 6.92 Å². The highest BCUT2D eigenvalue weighted by Gasteiger charge is 2.36. The number of azo groups is 1. The normalized spacial score (nSPS) is 16.8. The third-order valence-corrected chi connectivity index (χ3v) is 5.58. The molecule has 0 unspecified atom stereocenters. The molecule has 0 radical (unpaired) electrons. The van der Waals surface area contributed by atoms with Crippen LogP contribution in [-0.2, 0) is 4.79 Å². The maximum Gasteiger partial charge on any atom is 0.282 e. The smallest absolute Gasteiger partial charge is 0.269 e. The van der Waals surface area contributed by atoms with Crippen molar-refractivity contribution in [3.63, 3.8) is 0 Å². The molecular weight excluding hydrogens is 438 g/mol. The van der Waals surface area contributed by atoms with Crippen LogP contribution in [0.15, 0.2) is 73.7 Å². The second kappa shape index (κ2) is 7.73. The highest BCUT2D eigenvalue weighted by molar-refractivity contribution is 9.10. The van der Waals surface area contributed by atoms with Crippen LogP contribution in [0.3, 0.4) is 0 Å². The Morgan fingerprint density at radius 2 is 1.79 bits per heavy atom. The van der Waals surface area contributed by atoms with Crippen molar-refractivity contribution in [1.29, 1.82) is 0 Å². The number of amides is 1. The molecule has 1 aliphatic heterocycles. The lowest BCUT2D eigenvalue weighted by molar-refractivity contribution is -0.117. The Bertz CT molecular complexity index is 1070. The van der Waals surface area contributed by atoms with E-state index < -0.39 is 6.04 Å². The largest absolute Gasteiger partial charge is 0.282 e. The van der Waals surface area contributed by atoms with Gasteiger partial charge in [-0.15, -0.1) is 11.3 Å². The molecule has 3 aromatic rings. The first-order valence-corrected chi connectivity index (χ1v) is 10.3. The Morgan fingerprint density at radius 3 is 2.50 bits per heavy atom. The van der Waals surface area contributed by atoms with Crippen LogP contribution in [0.2, 0.25) is 0 Å². The van der Waals surface area contributed by atoms with Gasteiger partial charge in [-0.25, -0.2) is 4.98 Å². The number of thiazole rings is 1. The van der Waals surface area contributed by atoms with Crippen LogP contribution >= 0.6 is 27.3 Å². The first-order chi connectivity index (χ1) is 13.5. The molecule has 2 aromatic carbocycles. The van der Waals surface area contributed by atoms with Gasteiger partial charge >= 0.3 is 0 Å². The van der Waals surface area contributed by atoms with E-state index in [0.717, 1.165) is 15.7 Å². The number of aromatic nitrogens is 1. The lowest BCUT2D eigenvalue weighted by Crippen LogP contribution is -2.29. The molecule has 8 heteroatoms. The summed E-state index contributed by atoms with van der Waals surface area (Å²) in [7, 11) is 0. The molecule has 0 aliphatic carbocycles. The second-order valence-electron chi connectivity index (χ2n) is 6.37. The third kappa shape index (κ3) is 3.79. The van der Waals surface area contributed by atoms with Crippen LogP contribution in [-0.4, -0.2) is 22.6 Å². The maximum absolute atomic E-state index is 12.8. The summed E-state index contributed by atoms with van der Waals surface area (Å²) in [6.07, 6.45) is 0. The lowest BCUT2D eigenvalue weighted by atomic mass is 10.1. The van der Waals surface area contributed by atoms with Crippen molar-refractivity contribution in [2.75, 3.05) is 5.01 Å². The van der Waals surface area contributed by atoms with Crippen molar-refractivity contribution in [2.24, 2.45) is 15.3 Å². The monoisotopic (exact) mass is 453 g/mol. The first kappa shape index (κ1) is 18.6. The number of benzene rings is 2. The summed E-state index contributed by atoms with van der Waals surface area (Å²) in [6, 6.07) is 14.8. The van der Waals surface area contributed by atoms with E-state index in [0.29, 0.717) is 16.5 Å². The summed E-state index contributed by atoms with van der Waals surface area (Å²) < 4.78 is 0.959. The molecule has 1 atom stereocenters. The van der Waals surface area contributed by atoms with Crippen molar-refractivity contribution >= 4 is 49.7 Å². The summed E-state index contributed by atoms with van der Waals surface area (Å²) in [5.74, 6) is -0.247. The van der Waals surface area contributed by atoms with Gasteiger partial charge in [0, 0.05) is 15.4 Å². The van der Waals surface area contributed by atoms with Gasteiger partial charge in [-0.3, -0.25) is 4.79 Å². The fraction of sp³-hybridized carbons (Fsp3) is 0.150. The van der Waals surface area contributed by atoms with Gasteiger partial charge in [-0.05, 0) is 38.1 Å². The van der Waals surface area contributed by atoms with E-state index in [1.807, 2.05) is 60.8 Å². The minimum absolute atomic E-state index is 0.247. The van der Waals surface area contributed by atoms with Gasteiger partial charge in [-0.2, -0.15) is 20.3 Å². The molecule has 140 valence electrons. The molecule has 0 saturated carbocycles. The van der Waals surface area contributed by atoms with Crippen LogP contribution < -0.4 is 5.01 Å². The van der Waals surface area contributed by atoms with Gasteiger partial charge in [0.25, 0.3) is 5.91 Å². The quantitative estimate of drug-likeness (QED) is 0.471. The lowest BCUT2D eigenvalue weighted by Gasteiger charge is -2.08. The van der Waals surface area contributed by atoms with Gasteiger partial charge in [-0.1, -0.05) is 45.8 Å². The van der Waals surface area contributed by atoms with Crippen LogP contribution in [0.4, 0.5) is 10.8 Å². The molecule has 0 bridgehead atoms. The Kier molecular flexibility index (Phi) is 5.15. The summed E-state index contributed by atoms with van der Waals surface area (Å²) in [5, 5.41) is 16.5. The van der Waals surface area contributed by atoms with E-state index in [1.165, 1.54) is 21.9 Å². The molecular formula is C20H16BrN5OS. The topological polar surface area (TPSA) is 70.3 Å². The number of halogens is 1. The van der Waals surface area contributed by atoms with E-state index in [-0.39, 0.29) is 5.91 Å². The number of hydrazone groups is 1. The van der Waals surface area contributed by atoms with E-state index in [1.54, 1.807) is 6.92 Å². The maximum atomic E-state index is 12.8. The molecule has 0 N–H and O–H groups in total. The first-order valence-electron chi connectivity index (χ1n) is 8.59. The van der Waals surface area contributed by atoms with Crippen molar-refractivity contribution in [3.05, 3.63) is 63.9 Å². The van der Waals surface area contributed by atoms with Gasteiger partial charge in [0.2, 0.25) is 5.13 Å². The van der Waals surface area contributed by atoms with E-state index in [9.17, 15) is 4.79 Å². The molecule has 1 aliphatic rings. The highest BCUT2D eigenvalue weighted by Crippen LogP contribution is 2.31. The highest BCUT2D eigenvalue weighted by atomic mass is 79.9. The zero-order chi connectivity index (χ0) is 19.7.